The van der Waals surface area contributed by atoms with E-state index in [2.05, 4.69) is 32.9 Å². The summed E-state index contributed by atoms with van der Waals surface area (Å²) in [6.07, 6.45) is 1.73. The number of hydrogen-bond acceptors (Lipinski definition) is 2. The van der Waals surface area contributed by atoms with E-state index >= 15 is 0 Å². The molecule has 2 aromatic rings. The van der Waals surface area contributed by atoms with E-state index in [9.17, 15) is 4.79 Å². The lowest BCUT2D eigenvalue weighted by Gasteiger charge is -2.19. The summed E-state index contributed by atoms with van der Waals surface area (Å²) in [5.41, 5.74) is 2.13. The molecule has 0 amide bonds. The van der Waals surface area contributed by atoms with Gasteiger partial charge in [-0.15, -0.1) is 0 Å². The zero-order valence-electron chi connectivity index (χ0n) is 11.8. The Bertz CT molecular complexity index is 618. The second-order valence-electron chi connectivity index (χ2n) is 5.57. The quantitative estimate of drug-likeness (QED) is 0.827. The van der Waals surface area contributed by atoms with Gasteiger partial charge in [0.15, 0.2) is 0 Å². The number of benzene rings is 1. The molecule has 0 atom stereocenters. The lowest BCUT2D eigenvalue weighted by molar-refractivity contribution is 0.413. The maximum Gasteiger partial charge on any atom is 0.258 e. The van der Waals surface area contributed by atoms with Gasteiger partial charge in [0, 0.05) is 18.0 Å². The van der Waals surface area contributed by atoms with Crippen LogP contribution in [0.2, 0.25) is 0 Å². The Kier molecular flexibility index (Phi) is 3.47. The highest BCUT2D eigenvalue weighted by Crippen LogP contribution is 2.22. The fourth-order valence-electron chi connectivity index (χ4n) is 1.92. The SMILES string of the molecule is COc1ccn(-c2ccc(C(C)(C)C)cc2)c(=O)c1. The van der Waals surface area contributed by atoms with Crippen LogP contribution in [0.5, 0.6) is 5.75 Å². The molecule has 3 nitrogen and oxygen atoms in total. The first kappa shape index (κ1) is 13.4. The Hall–Kier alpha value is -2.03. The molecule has 2 rings (SSSR count). The zero-order valence-corrected chi connectivity index (χ0v) is 11.8. The normalized spacial score (nSPS) is 11.4. The topological polar surface area (TPSA) is 31.2 Å². The lowest BCUT2D eigenvalue weighted by Crippen LogP contribution is -2.17. The molecule has 1 heterocycles. The standard InChI is InChI=1S/C16H19NO2/c1-16(2,3)12-5-7-13(8-6-12)17-10-9-14(19-4)11-15(17)18/h5-11H,1-4H3. The molecule has 19 heavy (non-hydrogen) atoms. The first-order valence-electron chi connectivity index (χ1n) is 6.29. The van der Waals surface area contributed by atoms with Crippen LogP contribution < -0.4 is 10.3 Å². The number of ether oxygens (including phenoxy) is 1. The van der Waals surface area contributed by atoms with Crippen molar-refractivity contribution >= 4 is 0 Å². The van der Waals surface area contributed by atoms with E-state index < -0.39 is 0 Å². The van der Waals surface area contributed by atoms with Gasteiger partial charge in [0.25, 0.3) is 5.56 Å². The van der Waals surface area contributed by atoms with Crippen molar-refractivity contribution in [1.29, 1.82) is 0 Å². The fraction of sp³-hybridized carbons (Fsp3) is 0.312. The molecule has 0 N–H and O–H groups in total. The number of pyridine rings is 1. The molecule has 0 aliphatic rings. The number of hydrogen-bond donors (Lipinski definition) is 0. The molecule has 0 saturated heterocycles. The predicted octanol–water partition coefficient (Wildman–Crippen LogP) is 3.14. The third kappa shape index (κ3) is 2.87. The smallest absolute Gasteiger partial charge is 0.258 e. The van der Waals surface area contributed by atoms with Crippen molar-refractivity contribution in [3.63, 3.8) is 0 Å². The largest absolute Gasteiger partial charge is 0.497 e. The van der Waals surface area contributed by atoms with Crippen LogP contribution in [0.1, 0.15) is 26.3 Å². The second-order valence-corrected chi connectivity index (χ2v) is 5.57. The average Bonchev–Trinajstić information content (AvgIpc) is 2.37. The molecular weight excluding hydrogens is 238 g/mol. The van der Waals surface area contributed by atoms with Crippen molar-refractivity contribution in [1.82, 2.24) is 4.57 Å². The molecule has 0 saturated carbocycles. The van der Waals surface area contributed by atoms with Crippen LogP contribution in [0.4, 0.5) is 0 Å². The summed E-state index contributed by atoms with van der Waals surface area (Å²) in [7, 11) is 1.55. The van der Waals surface area contributed by atoms with Crippen molar-refractivity contribution in [3.05, 3.63) is 58.5 Å². The maximum atomic E-state index is 12.0. The first-order valence-corrected chi connectivity index (χ1v) is 6.29. The number of aromatic nitrogens is 1. The van der Waals surface area contributed by atoms with Crippen molar-refractivity contribution in [2.45, 2.75) is 26.2 Å². The van der Waals surface area contributed by atoms with Crippen molar-refractivity contribution in [2.24, 2.45) is 0 Å². The fourth-order valence-corrected chi connectivity index (χ4v) is 1.92. The maximum absolute atomic E-state index is 12.0. The second kappa shape index (κ2) is 4.92. The minimum atomic E-state index is -0.0946. The average molecular weight is 257 g/mol. The molecule has 0 aliphatic heterocycles. The summed E-state index contributed by atoms with van der Waals surface area (Å²) in [5, 5.41) is 0. The summed E-state index contributed by atoms with van der Waals surface area (Å²) in [4.78, 5) is 12.0. The van der Waals surface area contributed by atoms with E-state index in [4.69, 9.17) is 4.74 Å². The molecule has 0 fully saturated rings. The van der Waals surface area contributed by atoms with Gasteiger partial charge in [0.05, 0.1) is 7.11 Å². The van der Waals surface area contributed by atoms with Crippen LogP contribution in [-0.2, 0) is 5.41 Å². The van der Waals surface area contributed by atoms with Crippen LogP contribution in [-0.4, -0.2) is 11.7 Å². The summed E-state index contributed by atoms with van der Waals surface area (Å²) in [5.74, 6) is 0.576. The Morgan fingerprint density at radius 1 is 1.05 bits per heavy atom. The molecule has 1 aromatic heterocycles. The highest BCUT2D eigenvalue weighted by Gasteiger charge is 2.13. The molecule has 100 valence electrons. The van der Waals surface area contributed by atoms with Gasteiger partial charge < -0.3 is 4.74 Å². The number of rotatable bonds is 2. The Labute approximate surface area is 113 Å². The van der Waals surface area contributed by atoms with E-state index in [1.165, 1.54) is 11.6 Å². The summed E-state index contributed by atoms with van der Waals surface area (Å²) < 4.78 is 6.64. The molecule has 0 spiro atoms. The number of nitrogens with zero attached hydrogens (tertiary/aromatic N) is 1. The van der Waals surface area contributed by atoms with Gasteiger partial charge in [-0.25, -0.2) is 0 Å². The van der Waals surface area contributed by atoms with Gasteiger partial charge >= 0.3 is 0 Å². The number of methoxy groups -OCH3 is 1. The Balaban J connectivity index is 2.40. The summed E-state index contributed by atoms with van der Waals surface area (Å²) >= 11 is 0. The van der Waals surface area contributed by atoms with Crippen molar-refractivity contribution < 1.29 is 4.74 Å². The van der Waals surface area contributed by atoms with E-state index in [0.29, 0.717) is 5.75 Å². The van der Waals surface area contributed by atoms with Crippen LogP contribution in [0.3, 0.4) is 0 Å². The van der Waals surface area contributed by atoms with E-state index in [1.807, 2.05) is 12.1 Å². The summed E-state index contributed by atoms with van der Waals surface area (Å²) in [6.45, 7) is 6.50. The monoisotopic (exact) mass is 257 g/mol. The third-order valence-corrected chi connectivity index (χ3v) is 3.14. The first-order chi connectivity index (χ1) is 8.91. The zero-order chi connectivity index (χ0) is 14.0. The van der Waals surface area contributed by atoms with Crippen LogP contribution in [0.25, 0.3) is 5.69 Å². The van der Waals surface area contributed by atoms with Crippen LogP contribution in [0.15, 0.2) is 47.4 Å². The van der Waals surface area contributed by atoms with Gasteiger partial charge in [-0.2, -0.15) is 0 Å². The molecule has 3 heteroatoms. The third-order valence-electron chi connectivity index (χ3n) is 3.14. The van der Waals surface area contributed by atoms with Crippen LogP contribution in [0, 0.1) is 0 Å². The Morgan fingerprint density at radius 3 is 2.16 bits per heavy atom. The van der Waals surface area contributed by atoms with Gasteiger partial charge in [-0.3, -0.25) is 9.36 Å². The van der Waals surface area contributed by atoms with Crippen molar-refractivity contribution in [2.75, 3.05) is 7.11 Å². The van der Waals surface area contributed by atoms with E-state index in [-0.39, 0.29) is 11.0 Å². The van der Waals surface area contributed by atoms with Gasteiger partial charge in [-0.1, -0.05) is 32.9 Å². The highest BCUT2D eigenvalue weighted by atomic mass is 16.5. The molecule has 0 bridgehead atoms. The highest BCUT2D eigenvalue weighted by molar-refractivity contribution is 5.38. The molecule has 0 aliphatic carbocycles. The Morgan fingerprint density at radius 2 is 1.68 bits per heavy atom. The van der Waals surface area contributed by atoms with Crippen molar-refractivity contribution in [3.8, 4) is 11.4 Å². The van der Waals surface area contributed by atoms with Gasteiger partial charge in [0.2, 0.25) is 0 Å². The molecular formula is C16H19NO2. The molecule has 1 aromatic carbocycles. The summed E-state index contributed by atoms with van der Waals surface area (Å²) in [6, 6.07) is 11.3. The van der Waals surface area contributed by atoms with Crippen LogP contribution >= 0.6 is 0 Å². The minimum Gasteiger partial charge on any atom is -0.497 e. The van der Waals surface area contributed by atoms with E-state index in [0.717, 1.165) is 5.69 Å². The molecule has 0 unspecified atom stereocenters. The predicted molar refractivity (Wildman–Crippen MR) is 77.3 cm³/mol. The van der Waals surface area contributed by atoms with Gasteiger partial charge in [-0.05, 0) is 29.2 Å². The van der Waals surface area contributed by atoms with Gasteiger partial charge in [0.1, 0.15) is 5.75 Å². The van der Waals surface area contributed by atoms with E-state index in [1.54, 1.807) is 23.9 Å². The minimum absolute atomic E-state index is 0.0946. The lowest BCUT2D eigenvalue weighted by atomic mass is 9.87. The molecule has 0 radical (unpaired) electrons.